The summed E-state index contributed by atoms with van der Waals surface area (Å²) in [7, 11) is 0. The smallest absolute Gasteiger partial charge is 0.264 e. The summed E-state index contributed by atoms with van der Waals surface area (Å²) < 4.78 is 11.0. The Kier molecular flexibility index (Phi) is 5.71. The molecule has 8 nitrogen and oxygen atoms in total. The molecule has 0 atom stereocenters. The molecule has 0 radical (unpaired) electrons. The van der Waals surface area contributed by atoms with Gasteiger partial charge < -0.3 is 19.7 Å². The van der Waals surface area contributed by atoms with Gasteiger partial charge in [-0.25, -0.2) is 9.97 Å². The molecule has 2 aliphatic rings. The van der Waals surface area contributed by atoms with Crippen LogP contribution < -0.4 is 14.8 Å². The van der Waals surface area contributed by atoms with Crippen molar-refractivity contribution in [3.05, 3.63) is 70.2 Å². The largest absolute Gasteiger partial charge is 0.454 e. The molecule has 1 fully saturated rings. The minimum atomic E-state index is 0.118. The highest BCUT2D eigenvalue weighted by Crippen LogP contribution is 2.36. The standard InChI is InChI=1S/C26H25N5O3S/c1-17-4-2-5-19-24(17)28-23(29-25(19)27-18-7-8-20-21(14-18)34-16-33-20)15-30-9-11-31(12-10-30)26(32)22-6-3-13-35-22/h2-8,13-14H,9-12,15-16H2,1H3,(H,27,28,29). The number of benzene rings is 2. The predicted molar refractivity (Wildman–Crippen MR) is 136 cm³/mol. The molecule has 6 rings (SSSR count). The van der Waals surface area contributed by atoms with E-state index in [9.17, 15) is 4.79 Å². The highest BCUT2D eigenvalue weighted by atomic mass is 32.1. The zero-order chi connectivity index (χ0) is 23.8. The first-order chi connectivity index (χ1) is 17.1. The van der Waals surface area contributed by atoms with E-state index in [-0.39, 0.29) is 12.7 Å². The Bertz CT molecular complexity index is 1380. The highest BCUT2D eigenvalue weighted by molar-refractivity contribution is 7.12. The minimum Gasteiger partial charge on any atom is -0.454 e. The van der Waals surface area contributed by atoms with E-state index in [1.165, 1.54) is 11.3 Å². The summed E-state index contributed by atoms with van der Waals surface area (Å²) in [5.41, 5.74) is 2.92. The molecule has 1 amide bonds. The monoisotopic (exact) mass is 487 g/mol. The third-order valence-electron chi connectivity index (χ3n) is 6.37. The summed E-state index contributed by atoms with van der Waals surface area (Å²) in [4.78, 5) is 27.5. The Balaban J connectivity index is 1.22. The lowest BCUT2D eigenvalue weighted by Crippen LogP contribution is -2.48. The summed E-state index contributed by atoms with van der Waals surface area (Å²) >= 11 is 1.49. The van der Waals surface area contributed by atoms with Crippen molar-refractivity contribution in [2.24, 2.45) is 0 Å². The molecule has 0 bridgehead atoms. The second-order valence-corrected chi connectivity index (χ2v) is 9.65. The molecule has 4 aromatic rings. The lowest BCUT2D eigenvalue weighted by Gasteiger charge is -2.34. The van der Waals surface area contributed by atoms with E-state index >= 15 is 0 Å². The maximum Gasteiger partial charge on any atom is 0.264 e. The molecule has 0 unspecified atom stereocenters. The first-order valence-electron chi connectivity index (χ1n) is 11.6. The second-order valence-electron chi connectivity index (χ2n) is 8.70. The van der Waals surface area contributed by atoms with Gasteiger partial charge in [-0.2, -0.15) is 0 Å². The number of anilines is 2. The number of aromatic nitrogens is 2. The topological polar surface area (TPSA) is 79.8 Å². The van der Waals surface area contributed by atoms with Crippen LogP contribution in [0.15, 0.2) is 53.9 Å². The van der Waals surface area contributed by atoms with Crippen LogP contribution in [-0.4, -0.2) is 58.6 Å². The predicted octanol–water partition coefficient (Wildman–Crippen LogP) is 4.43. The Morgan fingerprint density at radius 2 is 1.89 bits per heavy atom. The van der Waals surface area contributed by atoms with Gasteiger partial charge in [-0.15, -0.1) is 11.3 Å². The number of nitrogens with one attached hydrogen (secondary N) is 1. The van der Waals surface area contributed by atoms with E-state index in [1.807, 2.05) is 52.7 Å². The number of thiophene rings is 1. The molecule has 2 aromatic carbocycles. The first-order valence-corrected chi connectivity index (χ1v) is 12.5. The number of fused-ring (bicyclic) bond motifs is 2. The van der Waals surface area contributed by atoms with Crippen molar-refractivity contribution in [2.75, 3.05) is 38.3 Å². The number of piperazine rings is 1. The fourth-order valence-electron chi connectivity index (χ4n) is 4.48. The molecule has 0 aliphatic carbocycles. The van der Waals surface area contributed by atoms with Gasteiger partial charge in [0, 0.05) is 43.3 Å². The van der Waals surface area contributed by atoms with Crippen LogP contribution in [0, 0.1) is 6.92 Å². The van der Waals surface area contributed by atoms with Crippen LogP contribution in [0.4, 0.5) is 11.5 Å². The number of hydrogen-bond acceptors (Lipinski definition) is 8. The number of amides is 1. The van der Waals surface area contributed by atoms with Crippen molar-refractivity contribution in [2.45, 2.75) is 13.5 Å². The SMILES string of the molecule is Cc1cccc2c(Nc3ccc4c(c3)OCO4)nc(CN3CCN(C(=O)c4cccs4)CC3)nc12. The van der Waals surface area contributed by atoms with Crippen molar-refractivity contribution in [1.29, 1.82) is 0 Å². The van der Waals surface area contributed by atoms with E-state index in [0.717, 1.165) is 63.3 Å². The quantitative estimate of drug-likeness (QED) is 0.446. The van der Waals surface area contributed by atoms with Crippen LogP contribution in [0.5, 0.6) is 11.5 Å². The van der Waals surface area contributed by atoms with Gasteiger partial charge in [0.05, 0.1) is 16.9 Å². The molecular formula is C26H25N5O3S. The van der Waals surface area contributed by atoms with Gasteiger partial charge >= 0.3 is 0 Å². The number of carbonyl (C=O) groups excluding carboxylic acids is 1. The van der Waals surface area contributed by atoms with Crippen LogP contribution in [0.25, 0.3) is 10.9 Å². The number of hydrogen-bond donors (Lipinski definition) is 1. The van der Waals surface area contributed by atoms with Crippen LogP contribution in [0.3, 0.4) is 0 Å². The normalized spacial score (nSPS) is 15.5. The molecule has 2 aliphatic heterocycles. The van der Waals surface area contributed by atoms with Crippen LogP contribution >= 0.6 is 11.3 Å². The number of carbonyl (C=O) groups is 1. The van der Waals surface area contributed by atoms with E-state index < -0.39 is 0 Å². The van der Waals surface area contributed by atoms with Crippen molar-refractivity contribution >= 4 is 39.7 Å². The highest BCUT2D eigenvalue weighted by Gasteiger charge is 2.24. The van der Waals surface area contributed by atoms with Gasteiger partial charge in [-0.1, -0.05) is 18.2 Å². The summed E-state index contributed by atoms with van der Waals surface area (Å²) in [6.45, 7) is 5.91. The lowest BCUT2D eigenvalue weighted by molar-refractivity contribution is 0.0630. The zero-order valence-electron chi connectivity index (χ0n) is 19.4. The summed E-state index contributed by atoms with van der Waals surface area (Å²) in [6, 6.07) is 15.7. The van der Waals surface area contributed by atoms with E-state index in [1.54, 1.807) is 0 Å². The van der Waals surface area contributed by atoms with Gasteiger partial charge in [0.15, 0.2) is 11.5 Å². The van der Waals surface area contributed by atoms with Crippen molar-refractivity contribution < 1.29 is 14.3 Å². The molecule has 35 heavy (non-hydrogen) atoms. The lowest BCUT2D eigenvalue weighted by atomic mass is 10.1. The van der Waals surface area contributed by atoms with Crippen LogP contribution in [-0.2, 0) is 6.54 Å². The van der Waals surface area contributed by atoms with Gasteiger partial charge in [-0.3, -0.25) is 9.69 Å². The Morgan fingerprint density at radius 1 is 1.03 bits per heavy atom. The molecule has 0 saturated carbocycles. The number of nitrogens with zero attached hydrogens (tertiary/aromatic N) is 4. The maximum atomic E-state index is 12.7. The third-order valence-corrected chi connectivity index (χ3v) is 7.22. The van der Waals surface area contributed by atoms with Crippen molar-refractivity contribution in [3.63, 3.8) is 0 Å². The van der Waals surface area contributed by atoms with Gasteiger partial charge in [0.1, 0.15) is 11.6 Å². The average Bonchev–Trinajstić information content (AvgIpc) is 3.57. The van der Waals surface area contributed by atoms with Crippen LogP contribution in [0.1, 0.15) is 21.1 Å². The summed E-state index contributed by atoms with van der Waals surface area (Å²) in [5.74, 6) is 3.11. The number of rotatable bonds is 5. The van der Waals surface area contributed by atoms with E-state index in [0.29, 0.717) is 19.6 Å². The Hall–Kier alpha value is -3.69. The molecule has 9 heteroatoms. The number of aryl methyl sites for hydroxylation is 1. The van der Waals surface area contributed by atoms with E-state index in [4.69, 9.17) is 19.4 Å². The molecule has 1 saturated heterocycles. The van der Waals surface area contributed by atoms with Gasteiger partial charge in [0.25, 0.3) is 5.91 Å². The molecule has 178 valence electrons. The van der Waals surface area contributed by atoms with E-state index in [2.05, 4.69) is 23.2 Å². The minimum absolute atomic E-state index is 0.118. The molecule has 0 spiro atoms. The molecule has 1 N–H and O–H groups in total. The summed E-state index contributed by atoms with van der Waals surface area (Å²) in [5, 5.41) is 6.37. The fraction of sp³-hybridized carbons (Fsp3) is 0.269. The molecule has 4 heterocycles. The summed E-state index contributed by atoms with van der Waals surface area (Å²) in [6.07, 6.45) is 0. The molecule has 2 aromatic heterocycles. The van der Waals surface area contributed by atoms with Gasteiger partial charge in [-0.05, 0) is 42.1 Å². The maximum absolute atomic E-state index is 12.7. The second kappa shape index (κ2) is 9.16. The number of para-hydroxylation sites is 1. The first kappa shape index (κ1) is 21.8. The fourth-order valence-corrected chi connectivity index (χ4v) is 5.17. The zero-order valence-corrected chi connectivity index (χ0v) is 20.2. The Labute approximate surface area is 207 Å². The third kappa shape index (κ3) is 4.40. The average molecular weight is 488 g/mol. The van der Waals surface area contributed by atoms with Crippen molar-refractivity contribution in [1.82, 2.24) is 19.8 Å². The Morgan fingerprint density at radius 3 is 2.71 bits per heavy atom. The van der Waals surface area contributed by atoms with Crippen molar-refractivity contribution in [3.8, 4) is 11.5 Å². The number of ether oxygens (including phenoxy) is 2. The van der Waals surface area contributed by atoms with Gasteiger partial charge in [0.2, 0.25) is 6.79 Å². The molecular weight excluding hydrogens is 462 g/mol. The van der Waals surface area contributed by atoms with Crippen LogP contribution in [0.2, 0.25) is 0 Å².